The number of benzene rings is 7. The van der Waals surface area contributed by atoms with Gasteiger partial charge in [0.2, 0.25) is 0 Å². The Balaban J connectivity index is 1.01. The van der Waals surface area contributed by atoms with Crippen LogP contribution in [-0.2, 0) is 0 Å². The van der Waals surface area contributed by atoms with Crippen LogP contribution in [0.3, 0.4) is 0 Å². The first-order valence-corrected chi connectivity index (χ1v) is 19.6. The summed E-state index contributed by atoms with van der Waals surface area (Å²) in [5.41, 5.74) is 14.3. The Labute approximate surface area is 340 Å². The van der Waals surface area contributed by atoms with Crippen LogP contribution in [0, 0.1) is 0 Å². The lowest BCUT2D eigenvalue weighted by Crippen LogP contribution is -2.09. The van der Waals surface area contributed by atoms with E-state index in [2.05, 4.69) is 216 Å². The number of pyridine rings is 1. The minimum atomic E-state index is 0.640. The van der Waals surface area contributed by atoms with E-state index in [1.807, 2.05) is 12.3 Å². The molecule has 7 nitrogen and oxygen atoms in total. The summed E-state index contributed by atoms with van der Waals surface area (Å²) >= 11 is 0. The van der Waals surface area contributed by atoms with Crippen LogP contribution in [0.4, 0.5) is 17.1 Å². The number of fused-ring (bicyclic) bond motifs is 4. The summed E-state index contributed by atoms with van der Waals surface area (Å²) in [5.74, 6) is 0.640. The Morgan fingerprint density at radius 3 is 1.64 bits per heavy atom. The van der Waals surface area contributed by atoms with Gasteiger partial charge >= 0.3 is 0 Å². The molecule has 0 N–H and O–H groups in total. The Kier molecular flexibility index (Phi) is 8.33. The third-order valence-corrected chi connectivity index (χ3v) is 11.1. The van der Waals surface area contributed by atoms with Gasteiger partial charge in [0, 0.05) is 68.7 Å². The lowest BCUT2D eigenvalue weighted by molar-refractivity contribution is 1.06. The van der Waals surface area contributed by atoms with Gasteiger partial charge in [-0.2, -0.15) is 0 Å². The molecule has 59 heavy (non-hydrogen) atoms. The van der Waals surface area contributed by atoms with Crippen LogP contribution >= 0.6 is 0 Å². The van der Waals surface area contributed by atoms with E-state index in [-0.39, 0.29) is 0 Å². The monoisotopic (exact) mass is 757 g/mol. The molecule has 7 aromatic carbocycles. The quantitative estimate of drug-likeness (QED) is 0.154. The molecule has 7 heteroatoms. The molecule has 4 heterocycles. The average Bonchev–Trinajstić information content (AvgIpc) is 3.88. The molecule has 11 rings (SSSR count). The number of nitrogens with zero attached hydrogens (tertiary/aromatic N) is 7. The highest BCUT2D eigenvalue weighted by Crippen LogP contribution is 2.40. The highest BCUT2D eigenvalue weighted by atomic mass is 15.1. The summed E-state index contributed by atoms with van der Waals surface area (Å²) in [4.78, 5) is 19.3. The molecule has 0 aliphatic heterocycles. The summed E-state index contributed by atoms with van der Waals surface area (Å²) in [7, 11) is 0. The molecule has 0 saturated carbocycles. The molecule has 0 bridgehead atoms. The first kappa shape index (κ1) is 34.1. The maximum absolute atomic E-state index is 4.35. The fourth-order valence-corrected chi connectivity index (χ4v) is 8.23. The van der Waals surface area contributed by atoms with Crippen LogP contribution in [0.5, 0.6) is 0 Å². The van der Waals surface area contributed by atoms with Crippen LogP contribution in [-0.4, -0.2) is 29.1 Å². The molecule has 278 valence electrons. The van der Waals surface area contributed by atoms with E-state index in [4.69, 9.17) is 0 Å². The van der Waals surface area contributed by atoms with Crippen molar-refractivity contribution in [3.8, 4) is 45.0 Å². The van der Waals surface area contributed by atoms with Gasteiger partial charge in [0.25, 0.3) is 0 Å². The molecule has 0 amide bonds. The molecule has 0 spiro atoms. The lowest BCUT2D eigenvalue weighted by Gasteiger charge is -2.26. The van der Waals surface area contributed by atoms with Crippen LogP contribution < -0.4 is 4.90 Å². The fourth-order valence-electron chi connectivity index (χ4n) is 8.23. The van der Waals surface area contributed by atoms with Gasteiger partial charge in [0.1, 0.15) is 12.7 Å². The van der Waals surface area contributed by atoms with E-state index in [0.717, 1.165) is 56.3 Å². The van der Waals surface area contributed by atoms with Crippen molar-refractivity contribution >= 4 is 49.8 Å². The normalized spacial score (nSPS) is 11.4. The molecule has 4 aromatic heterocycles. The third-order valence-electron chi connectivity index (χ3n) is 11.1. The summed E-state index contributed by atoms with van der Waals surface area (Å²) in [6, 6.07) is 64.9. The highest BCUT2D eigenvalue weighted by molar-refractivity contribution is 6.14. The van der Waals surface area contributed by atoms with E-state index in [0.29, 0.717) is 5.82 Å². The highest BCUT2D eigenvalue weighted by Gasteiger charge is 2.18. The zero-order chi connectivity index (χ0) is 39.1. The Morgan fingerprint density at radius 1 is 0.407 bits per heavy atom. The van der Waals surface area contributed by atoms with E-state index in [1.54, 1.807) is 6.20 Å². The molecular weight excluding hydrogens is 723 g/mol. The summed E-state index contributed by atoms with van der Waals surface area (Å²) in [5, 5.41) is 3.63. The maximum Gasteiger partial charge on any atom is 0.162 e. The van der Waals surface area contributed by atoms with E-state index < -0.39 is 0 Å². The SMILES string of the molecule is c1ccc(-n2ccc3cc4c(cc32)c2cc(-c3ccc(N(c5ccc(-c6cccnc6)cc5)c5ccc(-c6ncncn6)cc5)cc3)ccc2n4-c2ccccc2)cc1. The minimum Gasteiger partial charge on any atom is -0.317 e. The van der Waals surface area contributed by atoms with Crippen LogP contribution in [0.15, 0.2) is 213 Å². The third kappa shape index (κ3) is 6.18. The van der Waals surface area contributed by atoms with Gasteiger partial charge in [-0.05, 0) is 131 Å². The first-order chi connectivity index (χ1) is 29.2. The summed E-state index contributed by atoms with van der Waals surface area (Å²) in [6.07, 6.45) is 8.91. The molecule has 0 radical (unpaired) electrons. The van der Waals surface area contributed by atoms with E-state index >= 15 is 0 Å². The number of hydrogen-bond donors (Lipinski definition) is 0. The number of aromatic nitrogens is 6. The largest absolute Gasteiger partial charge is 0.317 e. The van der Waals surface area contributed by atoms with Crippen molar-refractivity contribution in [1.82, 2.24) is 29.1 Å². The van der Waals surface area contributed by atoms with Crippen molar-refractivity contribution in [1.29, 1.82) is 0 Å². The molecule has 11 aromatic rings. The van der Waals surface area contributed by atoms with Crippen molar-refractivity contribution in [3.63, 3.8) is 0 Å². The molecular formula is C52H35N7. The second-order valence-electron chi connectivity index (χ2n) is 14.5. The minimum absolute atomic E-state index is 0.640. The van der Waals surface area contributed by atoms with Crippen LogP contribution in [0.25, 0.3) is 77.7 Å². The van der Waals surface area contributed by atoms with Crippen LogP contribution in [0.1, 0.15) is 0 Å². The van der Waals surface area contributed by atoms with Crippen molar-refractivity contribution in [2.24, 2.45) is 0 Å². The van der Waals surface area contributed by atoms with Crippen molar-refractivity contribution in [2.75, 3.05) is 4.90 Å². The summed E-state index contributed by atoms with van der Waals surface area (Å²) in [6.45, 7) is 0. The van der Waals surface area contributed by atoms with Gasteiger partial charge in [-0.1, -0.05) is 72.8 Å². The zero-order valence-electron chi connectivity index (χ0n) is 31.8. The second kappa shape index (κ2) is 14.4. The number of hydrogen-bond acceptors (Lipinski definition) is 5. The standard InChI is InChI=1S/C52H35N7/c1-3-9-42(10-4-1)57-29-27-40-31-51-48(32-50(40)57)47-30-39(19-26-49(47)59(51)43-11-5-2-6-12-43)36-13-20-44(21-14-36)58(45-22-15-37(16-23-45)41-8-7-28-53-33-41)46-24-17-38(18-25-46)52-55-34-54-35-56-52/h1-35H. The van der Waals surface area contributed by atoms with Crippen molar-refractivity contribution in [2.45, 2.75) is 0 Å². The molecule has 0 aliphatic rings. The average molecular weight is 758 g/mol. The fraction of sp³-hybridized carbons (Fsp3) is 0. The van der Waals surface area contributed by atoms with Gasteiger partial charge in [0.15, 0.2) is 5.82 Å². The maximum atomic E-state index is 4.35. The number of para-hydroxylation sites is 2. The van der Waals surface area contributed by atoms with Gasteiger partial charge in [0.05, 0.1) is 16.6 Å². The number of rotatable bonds is 8. The predicted molar refractivity (Wildman–Crippen MR) is 240 cm³/mol. The van der Waals surface area contributed by atoms with Crippen LogP contribution in [0.2, 0.25) is 0 Å². The second-order valence-corrected chi connectivity index (χ2v) is 14.5. The van der Waals surface area contributed by atoms with Gasteiger partial charge in [-0.25, -0.2) is 15.0 Å². The van der Waals surface area contributed by atoms with Gasteiger partial charge < -0.3 is 14.0 Å². The van der Waals surface area contributed by atoms with E-state index in [9.17, 15) is 0 Å². The zero-order valence-corrected chi connectivity index (χ0v) is 31.8. The smallest absolute Gasteiger partial charge is 0.162 e. The van der Waals surface area contributed by atoms with Crippen molar-refractivity contribution < 1.29 is 0 Å². The van der Waals surface area contributed by atoms with E-state index in [1.165, 1.54) is 45.4 Å². The molecule has 0 unspecified atom stereocenters. The Hall–Kier alpha value is -8.16. The molecule has 0 aliphatic carbocycles. The number of anilines is 3. The Morgan fingerprint density at radius 2 is 1.00 bits per heavy atom. The van der Waals surface area contributed by atoms with Gasteiger partial charge in [-0.3, -0.25) is 4.98 Å². The predicted octanol–water partition coefficient (Wildman–Crippen LogP) is 12.8. The van der Waals surface area contributed by atoms with Gasteiger partial charge in [-0.15, -0.1) is 0 Å². The summed E-state index contributed by atoms with van der Waals surface area (Å²) < 4.78 is 4.67. The lowest BCUT2D eigenvalue weighted by atomic mass is 10.0. The topological polar surface area (TPSA) is 64.7 Å². The molecule has 0 fully saturated rings. The Bertz CT molecular complexity index is 3130. The molecule has 0 saturated heterocycles. The van der Waals surface area contributed by atoms with Crippen molar-refractivity contribution in [3.05, 3.63) is 213 Å². The molecule has 0 atom stereocenters. The first-order valence-electron chi connectivity index (χ1n) is 19.6.